The van der Waals surface area contributed by atoms with Gasteiger partial charge in [0.15, 0.2) is 5.82 Å². The topological polar surface area (TPSA) is 119 Å². The van der Waals surface area contributed by atoms with E-state index in [0.717, 1.165) is 6.20 Å². The zero-order chi connectivity index (χ0) is 26.8. The summed E-state index contributed by atoms with van der Waals surface area (Å²) in [6.45, 7) is 1.55. The Balaban J connectivity index is 1.54. The first-order chi connectivity index (χ1) is 18.4. The van der Waals surface area contributed by atoms with Gasteiger partial charge in [-0.15, -0.1) is 0 Å². The number of aliphatic hydroxyl groups excluding tert-OH is 1. The molecular formula is C27H20ClFN6O3. The Bertz CT molecular complexity index is 1780. The van der Waals surface area contributed by atoms with Crippen LogP contribution in [0.3, 0.4) is 0 Å². The fourth-order valence-corrected chi connectivity index (χ4v) is 4.46. The van der Waals surface area contributed by atoms with Gasteiger partial charge in [-0.1, -0.05) is 23.7 Å². The SMILES string of the molecule is Cc1cc(Cl)c(COc2cccc3c(-n4cc(F)cn4)cc(CO)nc23)c(Cn2cccc(C#N)c2=O)n1. The van der Waals surface area contributed by atoms with Crippen LogP contribution < -0.4 is 10.3 Å². The first-order valence-electron chi connectivity index (χ1n) is 11.5. The van der Waals surface area contributed by atoms with Crippen molar-refractivity contribution in [2.45, 2.75) is 26.7 Å². The van der Waals surface area contributed by atoms with Gasteiger partial charge in [-0.3, -0.25) is 9.78 Å². The Morgan fingerprint density at radius 1 is 1.21 bits per heavy atom. The lowest BCUT2D eigenvalue weighted by atomic mass is 10.1. The molecule has 0 fully saturated rings. The van der Waals surface area contributed by atoms with Crippen LogP contribution in [0.25, 0.3) is 16.6 Å². The van der Waals surface area contributed by atoms with E-state index in [0.29, 0.717) is 50.0 Å². The Labute approximate surface area is 221 Å². The smallest absolute Gasteiger partial charge is 0.268 e. The van der Waals surface area contributed by atoms with Crippen molar-refractivity contribution < 1.29 is 14.2 Å². The number of aryl methyl sites for hydroxylation is 1. The fourth-order valence-electron chi connectivity index (χ4n) is 4.14. The molecule has 5 aromatic rings. The molecule has 0 bridgehead atoms. The molecule has 0 aliphatic carbocycles. The number of hydrogen-bond donors (Lipinski definition) is 1. The molecular weight excluding hydrogens is 511 g/mol. The molecule has 0 atom stereocenters. The summed E-state index contributed by atoms with van der Waals surface area (Å²) in [5.74, 6) is -0.0979. The van der Waals surface area contributed by atoms with E-state index < -0.39 is 11.4 Å². The predicted molar refractivity (Wildman–Crippen MR) is 138 cm³/mol. The van der Waals surface area contributed by atoms with E-state index in [1.807, 2.05) is 6.07 Å². The highest BCUT2D eigenvalue weighted by Gasteiger charge is 2.17. The van der Waals surface area contributed by atoms with E-state index in [2.05, 4.69) is 15.1 Å². The third-order valence-electron chi connectivity index (χ3n) is 5.91. The molecule has 0 saturated carbocycles. The zero-order valence-electron chi connectivity index (χ0n) is 20.1. The number of aliphatic hydroxyl groups is 1. The maximum atomic E-state index is 13.7. The van der Waals surface area contributed by atoms with Crippen LogP contribution in [-0.4, -0.2) is 29.4 Å². The maximum absolute atomic E-state index is 13.7. The predicted octanol–water partition coefficient (Wildman–Crippen LogP) is 4.07. The Morgan fingerprint density at radius 3 is 2.79 bits per heavy atom. The van der Waals surface area contributed by atoms with Gasteiger partial charge in [0.1, 0.15) is 29.5 Å². The van der Waals surface area contributed by atoms with Gasteiger partial charge in [-0.2, -0.15) is 10.4 Å². The Kier molecular flexibility index (Phi) is 6.87. The van der Waals surface area contributed by atoms with Crippen molar-refractivity contribution in [1.82, 2.24) is 24.3 Å². The van der Waals surface area contributed by atoms with E-state index >= 15 is 0 Å². The van der Waals surface area contributed by atoms with Crippen molar-refractivity contribution in [1.29, 1.82) is 5.26 Å². The summed E-state index contributed by atoms with van der Waals surface area (Å²) in [6, 6.07) is 13.6. The standard InChI is InChI=1S/C27H20ClFN6O3/c1-16-8-22(28)21(23(32-16)13-34-7-3-4-17(10-30)27(34)37)15-38-25-6-2-5-20-24(35-12-18(29)11-31-35)9-19(14-36)33-26(20)25/h2-9,11-12,36H,13-15H2,1H3. The molecule has 11 heteroatoms. The minimum absolute atomic E-state index is 0.00398. The van der Waals surface area contributed by atoms with Crippen LogP contribution >= 0.6 is 11.6 Å². The van der Waals surface area contributed by atoms with Gasteiger partial charge in [0, 0.05) is 22.8 Å². The summed E-state index contributed by atoms with van der Waals surface area (Å²) in [5, 5.41) is 24.1. The van der Waals surface area contributed by atoms with Crippen LogP contribution in [0.4, 0.5) is 4.39 Å². The van der Waals surface area contributed by atoms with Gasteiger partial charge in [-0.05, 0) is 37.3 Å². The first kappa shape index (κ1) is 25.1. The second-order valence-corrected chi connectivity index (χ2v) is 8.88. The van der Waals surface area contributed by atoms with Crippen LogP contribution in [0.2, 0.25) is 5.02 Å². The van der Waals surface area contributed by atoms with Crippen molar-refractivity contribution in [3.05, 3.63) is 110 Å². The molecule has 0 spiro atoms. The lowest BCUT2D eigenvalue weighted by molar-refractivity contribution is 0.277. The molecule has 0 saturated heterocycles. The molecule has 38 heavy (non-hydrogen) atoms. The normalized spacial score (nSPS) is 11.0. The van der Waals surface area contributed by atoms with Crippen LogP contribution in [0.1, 0.15) is 28.2 Å². The average Bonchev–Trinajstić information content (AvgIpc) is 3.34. The third kappa shape index (κ3) is 4.85. The minimum Gasteiger partial charge on any atom is -0.486 e. The number of rotatable bonds is 7. The lowest BCUT2D eigenvalue weighted by Crippen LogP contribution is -2.23. The number of aromatic nitrogens is 5. The van der Waals surface area contributed by atoms with Gasteiger partial charge in [-0.25, -0.2) is 14.1 Å². The molecule has 0 unspecified atom stereocenters. The number of fused-ring (bicyclic) bond motifs is 1. The summed E-state index contributed by atoms with van der Waals surface area (Å²) in [7, 11) is 0. The molecule has 0 radical (unpaired) electrons. The fraction of sp³-hybridized carbons (Fsp3) is 0.148. The number of nitriles is 1. The highest BCUT2D eigenvalue weighted by Crippen LogP contribution is 2.31. The van der Waals surface area contributed by atoms with E-state index in [1.54, 1.807) is 49.5 Å². The van der Waals surface area contributed by atoms with Gasteiger partial charge < -0.3 is 14.4 Å². The molecule has 0 aliphatic heterocycles. The van der Waals surface area contributed by atoms with Crippen LogP contribution in [0.5, 0.6) is 5.75 Å². The molecule has 5 rings (SSSR count). The van der Waals surface area contributed by atoms with Gasteiger partial charge >= 0.3 is 0 Å². The monoisotopic (exact) mass is 530 g/mol. The van der Waals surface area contributed by atoms with E-state index in [-0.39, 0.29) is 25.3 Å². The highest BCUT2D eigenvalue weighted by molar-refractivity contribution is 6.31. The van der Waals surface area contributed by atoms with Crippen molar-refractivity contribution in [2.75, 3.05) is 0 Å². The van der Waals surface area contributed by atoms with Crippen LogP contribution in [0.15, 0.2) is 65.8 Å². The molecule has 9 nitrogen and oxygen atoms in total. The lowest BCUT2D eigenvalue weighted by Gasteiger charge is -2.16. The molecule has 0 aliphatic rings. The summed E-state index contributed by atoms with van der Waals surface area (Å²) in [5.41, 5.74) is 2.67. The molecule has 1 N–H and O–H groups in total. The minimum atomic E-state index is -0.499. The average molecular weight is 531 g/mol. The molecule has 190 valence electrons. The van der Waals surface area contributed by atoms with E-state index in [4.69, 9.17) is 16.3 Å². The number of hydrogen-bond acceptors (Lipinski definition) is 7. The quantitative estimate of drug-likeness (QED) is 0.337. The summed E-state index contributed by atoms with van der Waals surface area (Å²) in [6.07, 6.45) is 3.91. The maximum Gasteiger partial charge on any atom is 0.268 e. The number of pyridine rings is 3. The van der Waals surface area contributed by atoms with Crippen LogP contribution in [-0.2, 0) is 19.8 Å². The number of para-hydroxylation sites is 1. The number of ether oxygens (including phenoxy) is 1. The molecule has 0 amide bonds. The van der Waals surface area contributed by atoms with Gasteiger partial charge in [0.05, 0.1) is 47.6 Å². The highest BCUT2D eigenvalue weighted by atomic mass is 35.5. The summed E-state index contributed by atoms with van der Waals surface area (Å²) < 4.78 is 22.6. The van der Waals surface area contributed by atoms with Crippen LogP contribution in [0, 0.1) is 24.1 Å². The Hall–Kier alpha value is -4.59. The second kappa shape index (κ2) is 10.4. The van der Waals surface area contributed by atoms with Crippen molar-refractivity contribution >= 4 is 22.5 Å². The van der Waals surface area contributed by atoms with Crippen molar-refractivity contribution in [2.24, 2.45) is 0 Å². The zero-order valence-corrected chi connectivity index (χ0v) is 20.9. The third-order valence-corrected chi connectivity index (χ3v) is 6.25. The van der Waals surface area contributed by atoms with Crippen molar-refractivity contribution in [3.8, 4) is 17.5 Å². The summed E-state index contributed by atoms with van der Waals surface area (Å²) in [4.78, 5) is 21.7. The van der Waals surface area contributed by atoms with Gasteiger partial charge in [0.25, 0.3) is 5.56 Å². The largest absolute Gasteiger partial charge is 0.486 e. The van der Waals surface area contributed by atoms with Gasteiger partial charge in [0.2, 0.25) is 0 Å². The second-order valence-electron chi connectivity index (χ2n) is 8.47. The number of benzene rings is 1. The number of halogens is 2. The molecule has 4 aromatic heterocycles. The van der Waals surface area contributed by atoms with Crippen molar-refractivity contribution in [3.63, 3.8) is 0 Å². The van der Waals surface area contributed by atoms with E-state index in [9.17, 15) is 19.6 Å². The Morgan fingerprint density at radius 2 is 2.05 bits per heavy atom. The molecule has 4 heterocycles. The van der Waals surface area contributed by atoms with E-state index in [1.165, 1.54) is 21.5 Å². The first-order valence-corrected chi connectivity index (χ1v) is 11.9. The number of nitrogens with zero attached hydrogens (tertiary/aromatic N) is 6. The molecule has 1 aromatic carbocycles. The summed E-state index contributed by atoms with van der Waals surface area (Å²) >= 11 is 6.58.